The van der Waals surface area contributed by atoms with E-state index in [2.05, 4.69) is 10.6 Å². The summed E-state index contributed by atoms with van der Waals surface area (Å²) in [7, 11) is 0. The molecule has 0 spiro atoms. The number of imide groups is 1. The van der Waals surface area contributed by atoms with Gasteiger partial charge < -0.3 is 10.1 Å². The van der Waals surface area contributed by atoms with Crippen LogP contribution in [-0.2, 0) is 9.53 Å². The highest BCUT2D eigenvalue weighted by molar-refractivity contribution is 6.36. The zero-order chi connectivity index (χ0) is 17.7. The highest BCUT2D eigenvalue weighted by Crippen LogP contribution is 2.22. The van der Waals surface area contributed by atoms with Crippen molar-refractivity contribution >= 4 is 41.1 Å². The Bertz CT molecular complexity index is 645. The van der Waals surface area contributed by atoms with Crippen LogP contribution in [0.25, 0.3) is 0 Å². The Balaban J connectivity index is 1.86. The van der Waals surface area contributed by atoms with Gasteiger partial charge in [0, 0.05) is 11.1 Å². The zero-order valence-electron chi connectivity index (χ0n) is 13.1. The Kier molecular flexibility index (Phi) is 6.45. The summed E-state index contributed by atoms with van der Waals surface area (Å²) in [5.74, 6) is -1.47. The second kappa shape index (κ2) is 8.35. The second-order valence-corrected chi connectivity index (χ2v) is 6.46. The van der Waals surface area contributed by atoms with E-state index in [4.69, 9.17) is 27.9 Å². The largest absolute Gasteiger partial charge is 0.449 e. The van der Waals surface area contributed by atoms with Crippen LogP contribution in [0.5, 0.6) is 0 Å². The third kappa shape index (κ3) is 5.11. The summed E-state index contributed by atoms with van der Waals surface area (Å²) >= 11 is 11.7. The molecule has 0 bridgehead atoms. The normalized spacial score (nSPS) is 15.6. The Morgan fingerprint density at radius 2 is 1.88 bits per heavy atom. The van der Waals surface area contributed by atoms with E-state index in [1.165, 1.54) is 25.1 Å². The van der Waals surface area contributed by atoms with Gasteiger partial charge in [-0.25, -0.2) is 9.59 Å². The fourth-order valence-corrected chi connectivity index (χ4v) is 2.92. The van der Waals surface area contributed by atoms with Crippen molar-refractivity contribution in [3.63, 3.8) is 0 Å². The van der Waals surface area contributed by atoms with Gasteiger partial charge in [-0.05, 0) is 38.0 Å². The number of esters is 1. The van der Waals surface area contributed by atoms with Gasteiger partial charge in [-0.1, -0.05) is 36.0 Å². The van der Waals surface area contributed by atoms with E-state index in [1.54, 1.807) is 0 Å². The van der Waals surface area contributed by atoms with Gasteiger partial charge in [0.05, 0.1) is 10.6 Å². The maximum absolute atomic E-state index is 12.0. The molecule has 24 heavy (non-hydrogen) atoms. The molecule has 1 aromatic rings. The quantitative estimate of drug-likeness (QED) is 0.794. The number of urea groups is 1. The molecule has 1 aliphatic carbocycles. The summed E-state index contributed by atoms with van der Waals surface area (Å²) in [5, 5.41) is 5.39. The van der Waals surface area contributed by atoms with Crippen LogP contribution < -0.4 is 10.6 Å². The van der Waals surface area contributed by atoms with Crippen molar-refractivity contribution in [1.82, 2.24) is 10.6 Å². The molecular weight excluding hydrogens is 355 g/mol. The van der Waals surface area contributed by atoms with Crippen molar-refractivity contribution in [2.45, 2.75) is 44.8 Å². The highest BCUT2D eigenvalue weighted by Gasteiger charge is 2.24. The molecule has 0 aromatic heterocycles. The molecule has 0 heterocycles. The average Bonchev–Trinajstić information content (AvgIpc) is 2.99. The van der Waals surface area contributed by atoms with Gasteiger partial charge in [0.15, 0.2) is 6.10 Å². The van der Waals surface area contributed by atoms with E-state index in [1.807, 2.05) is 0 Å². The summed E-state index contributed by atoms with van der Waals surface area (Å²) in [6.07, 6.45) is 2.80. The van der Waals surface area contributed by atoms with Crippen LogP contribution in [0.3, 0.4) is 0 Å². The van der Waals surface area contributed by atoms with Crippen LogP contribution >= 0.6 is 23.2 Å². The standard InChI is InChI=1S/C16H18Cl2N2O4/c1-9(14(21)20-16(23)19-11-4-2-3-5-11)24-15(22)12-7-6-10(17)8-13(12)18/h6-9,11H,2-5H2,1H3,(H2,19,20,21,23)/t9-/m0/s1. The number of hydrogen-bond donors (Lipinski definition) is 2. The molecule has 0 aliphatic heterocycles. The highest BCUT2D eigenvalue weighted by atomic mass is 35.5. The molecule has 1 aromatic carbocycles. The first kappa shape index (κ1) is 18.5. The SMILES string of the molecule is C[C@H](OC(=O)c1ccc(Cl)cc1Cl)C(=O)NC(=O)NC1CCCC1. The second-order valence-electron chi connectivity index (χ2n) is 5.62. The molecule has 8 heteroatoms. The number of nitrogens with one attached hydrogen (secondary N) is 2. The number of carbonyl (C=O) groups is 3. The van der Waals surface area contributed by atoms with Crippen molar-refractivity contribution in [2.24, 2.45) is 0 Å². The molecular formula is C16H18Cl2N2O4. The minimum atomic E-state index is -1.14. The molecule has 0 radical (unpaired) electrons. The topological polar surface area (TPSA) is 84.5 Å². The number of ether oxygens (including phenoxy) is 1. The van der Waals surface area contributed by atoms with Crippen molar-refractivity contribution in [3.8, 4) is 0 Å². The van der Waals surface area contributed by atoms with Crippen LogP contribution in [0.15, 0.2) is 18.2 Å². The van der Waals surface area contributed by atoms with E-state index in [9.17, 15) is 14.4 Å². The molecule has 1 fully saturated rings. The molecule has 2 N–H and O–H groups in total. The van der Waals surface area contributed by atoms with Gasteiger partial charge in [-0.2, -0.15) is 0 Å². The summed E-state index contributed by atoms with van der Waals surface area (Å²) < 4.78 is 5.03. The van der Waals surface area contributed by atoms with E-state index >= 15 is 0 Å². The molecule has 1 saturated carbocycles. The van der Waals surface area contributed by atoms with Crippen molar-refractivity contribution in [3.05, 3.63) is 33.8 Å². The minimum Gasteiger partial charge on any atom is -0.449 e. The van der Waals surface area contributed by atoms with Gasteiger partial charge >= 0.3 is 12.0 Å². The van der Waals surface area contributed by atoms with E-state index in [0.29, 0.717) is 5.02 Å². The lowest BCUT2D eigenvalue weighted by molar-refractivity contribution is -0.127. The number of halogens is 2. The molecule has 0 unspecified atom stereocenters. The number of amides is 3. The lowest BCUT2D eigenvalue weighted by atomic mass is 10.2. The van der Waals surface area contributed by atoms with Gasteiger partial charge in [0.2, 0.25) is 0 Å². The van der Waals surface area contributed by atoms with E-state index in [-0.39, 0.29) is 16.6 Å². The van der Waals surface area contributed by atoms with Crippen molar-refractivity contribution in [2.75, 3.05) is 0 Å². The molecule has 1 atom stereocenters. The third-order valence-corrected chi connectivity index (χ3v) is 4.28. The number of rotatable bonds is 4. The first-order valence-electron chi connectivity index (χ1n) is 7.64. The number of hydrogen-bond acceptors (Lipinski definition) is 4. The first-order valence-corrected chi connectivity index (χ1v) is 8.40. The van der Waals surface area contributed by atoms with Crippen LogP contribution in [-0.4, -0.2) is 30.1 Å². The maximum atomic E-state index is 12.0. The van der Waals surface area contributed by atoms with E-state index < -0.39 is 24.0 Å². The molecule has 1 aliphatic rings. The molecule has 6 nitrogen and oxygen atoms in total. The van der Waals surface area contributed by atoms with E-state index in [0.717, 1.165) is 25.7 Å². The Labute approximate surface area is 149 Å². The third-order valence-electron chi connectivity index (χ3n) is 3.73. The van der Waals surface area contributed by atoms with Crippen LogP contribution in [0, 0.1) is 0 Å². The maximum Gasteiger partial charge on any atom is 0.340 e. The molecule has 0 saturated heterocycles. The zero-order valence-corrected chi connectivity index (χ0v) is 14.6. The fraction of sp³-hybridized carbons (Fsp3) is 0.438. The van der Waals surface area contributed by atoms with Gasteiger partial charge in [-0.3, -0.25) is 10.1 Å². The molecule has 130 valence electrons. The first-order chi connectivity index (χ1) is 11.4. The number of carbonyl (C=O) groups excluding carboxylic acids is 3. The number of benzene rings is 1. The average molecular weight is 373 g/mol. The molecule has 2 rings (SSSR count). The lowest BCUT2D eigenvalue weighted by Crippen LogP contribution is -2.47. The summed E-state index contributed by atoms with van der Waals surface area (Å²) in [6, 6.07) is 3.80. The van der Waals surface area contributed by atoms with Crippen LogP contribution in [0.1, 0.15) is 43.0 Å². The van der Waals surface area contributed by atoms with Crippen molar-refractivity contribution < 1.29 is 19.1 Å². The Morgan fingerprint density at radius 3 is 2.50 bits per heavy atom. The van der Waals surface area contributed by atoms with Crippen molar-refractivity contribution in [1.29, 1.82) is 0 Å². The summed E-state index contributed by atoms with van der Waals surface area (Å²) in [6.45, 7) is 1.37. The van der Waals surface area contributed by atoms with Gasteiger partial charge in [0.1, 0.15) is 0 Å². The Morgan fingerprint density at radius 1 is 1.21 bits per heavy atom. The lowest BCUT2D eigenvalue weighted by Gasteiger charge is -2.16. The minimum absolute atomic E-state index is 0.0866. The van der Waals surface area contributed by atoms with Gasteiger partial charge in [0.25, 0.3) is 5.91 Å². The Hall–Kier alpha value is -1.79. The predicted molar refractivity (Wildman–Crippen MR) is 90.3 cm³/mol. The predicted octanol–water partition coefficient (Wildman–Crippen LogP) is 3.31. The summed E-state index contributed by atoms with van der Waals surface area (Å²) in [4.78, 5) is 35.7. The molecule has 3 amide bonds. The monoisotopic (exact) mass is 372 g/mol. The van der Waals surface area contributed by atoms with Crippen LogP contribution in [0.2, 0.25) is 10.0 Å². The van der Waals surface area contributed by atoms with Gasteiger partial charge in [-0.15, -0.1) is 0 Å². The summed E-state index contributed by atoms with van der Waals surface area (Å²) in [5.41, 5.74) is 0.0936. The fourth-order valence-electron chi connectivity index (χ4n) is 2.44. The van der Waals surface area contributed by atoms with Crippen LogP contribution in [0.4, 0.5) is 4.79 Å². The smallest absolute Gasteiger partial charge is 0.340 e.